The standard InChI is InChI=1S/C14H24N4/c1-3-17-8-4-5-12(17)9-13-15-14-7-6-11(2)10-18(14)16-13/h11-12H,3-10H2,1-2H3. The average Bonchev–Trinajstić information content (AvgIpc) is 2.94. The maximum atomic E-state index is 4.74. The lowest BCUT2D eigenvalue weighted by Crippen LogP contribution is -2.31. The van der Waals surface area contributed by atoms with Crippen molar-refractivity contribution in [1.29, 1.82) is 0 Å². The van der Waals surface area contributed by atoms with Crippen LogP contribution in [0, 0.1) is 5.92 Å². The first-order chi connectivity index (χ1) is 8.76. The zero-order valence-corrected chi connectivity index (χ0v) is 11.6. The van der Waals surface area contributed by atoms with Crippen molar-refractivity contribution in [1.82, 2.24) is 19.7 Å². The van der Waals surface area contributed by atoms with Crippen LogP contribution in [0.4, 0.5) is 0 Å². The van der Waals surface area contributed by atoms with Gasteiger partial charge in [-0.25, -0.2) is 9.67 Å². The molecule has 0 N–H and O–H groups in total. The Kier molecular flexibility index (Phi) is 3.37. The maximum Gasteiger partial charge on any atom is 0.152 e. The van der Waals surface area contributed by atoms with E-state index in [-0.39, 0.29) is 0 Å². The summed E-state index contributed by atoms with van der Waals surface area (Å²) < 4.78 is 2.15. The van der Waals surface area contributed by atoms with E-state index in [1.54, 1.807) is 0 Å². The number of aryl methyl sites for hydroxylation is 1. The van der Waals surface area contributed by atoms with Crippen molar-refractivity contribution in [3.8, 4) is 0 Å². The zero-order chi connectivity index (χ0) is 12.5. The summed E-state index contributed by atoms with van der Waals surface area (Å²) in [5.41, 5.74) is 0. The fourth-order valence-corrected chi connectivity index (χ4v) is 3.36. The molecule has 1 fully saturated rings. The van der Waals surface area contributed by atoms with Crippen LogP contribution in [-0.4, -0.2) is 38.8 Å². The van der Waals surface area contributed by atoms with Gasteiger partial charge >= 0.3 is 0 Å². The first-order valence-corrected chi connectivity index (χ1v) is 7.43. The van der Waals surface area contributed by atoms with Crippen molar-refractivity contribution >= 4 is 0 Å². The van der Waals surface area contributed by atoms with Crippen LogP contribution in [0.15, 0.2) is 0 Å². The maximum absolute atomic E-state index is 4.74. The predicted molar refractivity (Wildman–Crippen MR) is 71.5 cm³/mol. The number of nitrogens with zero attached hydrogens (tertiary/aromatic N) is 4. The molecule has 18 heavy (non-hydrogen) atoms. The van der Waals surface area contributed by atoms with Gasteiger partial charge in [0.15, 0.2) is 5.82 Å². The molecule has 1 aromatic rings. The van der Waals surface area contributed by atoms with E-state index in [1.165, 1.54) is 31.6 Å². The highest BCUT2D eigenvalue weighted by Gasteiger charge is 2.26. The summed E-state index contributed by atoms with van der Waals surface area (Å²) in [4.78, 5) is 7.31. The van der Waals surface area contributed by atoms with Gasteiger partial charge < -0.3 is 4.90 Å². The van der Waals surface area contributed by atoms with Gasteiger partial charge in [-0.05, 0) is 38.3 Å². The Balaban J connectivity index is 1.70. The normalized spacial score (nSPS) is 28.6. The second kappa shape index (κ2) is 5.00. The summed E-state index contributed by atoms with van der Waals surface area (Å²) in [6.07, 6.45) is 6.07. The lowest BCUT2D eigenvalue weighted by atomic mass is 10.0. The van der Waals surface area contributed by atoms with Crippen LogP contribution in [0.1, 0.15) is 44.8 Å². The van der Waals surface area contributed by atoms with Crippen LogP contribution < -0.4 is 0 Å². The number of aromatic nitrogens is 3. The Morgan fingerprint density at radius 1 is 1.33 bits per heavy atom. The predicted octanol–water partition coefficient (Wildman–Crippen LogP) is 1.89. The van der Waals surface area contributed by atoms with Gasteiger partial charge in [-0.3, -0.25) is 0 Å². The monoisotopic (exact) mass is 248 g/mol. The molecular weight excluding hydrogens is 224 g/mol. The molecule has 1 aromatic heterocycles. The van der Waals surface area contributed by atoms with Gasteiger partial charge in [0.05, 0.1) is 0 Å². The first kappa shape index (κ1) is 12.2. The zero-order valence-electron chi connectivity index (χ0n) is 11.6. The molecule has 2 aliphatic rings. The molecule has 2 unspecified atom stereocenters. The Morgan fingerprint density at radius 3 is 3.06 bits per heavy atom. The Hall–Kier alpha value is -0.900. The second-order valence-electron chi connectivity index (χ2n) is 5.90. The molecular formula is C14H24N4. The highest BCUT2D eigenvalue weighted by atomic mass is 15.4. The van der Waals surface area contributed by atoms with E-state index in [0.29, 0.717) is 6.04 Å². The van der Waals surface area contributed by atoms with Gasteiger partial charge in [-0.2, -0.15) is 5.10 Å². The molecule has 1 saturated heterocycles. The second-order valence-corrected chi connectivity index (χ2v) is 5.90. The van der Waals surface area contributed by atoms with Crippen LogP contribution >= 0.6 is 0 Å². The molecule has 100 valence electrons. The van der Waals surface area contributed by atoms with E-state index in [4.69, 9.17) is 10.1 Å². The summed E-state index contributed by atoms with van der Waals surface area (Å²) >= 11 is 0. The lowest BCUT2D eigenvalue weighted by Gasteiger charge is -2.21. The Labute approximate surface area is 109 Å². The third-order valence-electron chi connectivity index (χ3n) is 4.46. The molecule has 0 saturated carbocycles. The third-order valence-corrected chi connectivity index (χ3v) is 4.46. The molecule has 4 heteroatoms. The molecule has 3 rings (SSSR count). The fraction of sp³-hybridized carbons (Fsp3) is 0.857. The van der Waals surface area contributed by atoms with Gasteiger partial charge in [0.1, 0.15) is 5.82 Å². The van der Waals surface area contributed by atoms with Gasteiger partial charge in [0.2, 0.25) is 0 Å². The van der Waals surface area contributed by atoms with Crippen molar-refractivity contribution in [2.45, 2.75) is 58.5 Å². The van der Waals surface area contributed by atoms with Crippen LogP contribution in [0.2, 0.25) is 0 Å². The molecule has 0 amide bonds. The van der Waals surface area contributed by atoms with Crippen LogP contribution in [-0.2, 0) is 19.4 Å². The summed E-state index contributed by atoms with van der Waals surface area (Å²) in [6.45, 7) is 8.04. The van der Waals surface area contributed by atoms with Crippen molar-refractivity contribution in [3.63, 3.8) is 0 Å². The number of fused-ring (bicyclic) bond motifs is 1. The number of hydrogen-bond acceptors (Lipinski definition) is 3. The molecule has 0 aliphatic carbocycles. The number of rotatable bonds is 3. The van der Waals surface area contributed by atoms with E-state index in [9.17, 15) is 0 Å². The van der Waals surface area contributed by atoms with Crippen molar-refractivity contribution < 1.29 is 0 Å². The molecule has 0 radical (unpaired) electrons. The topological polar surface area (TPSA) is 34.0 Å². The quantitative estimate of drug-likeness (QED) is 0.819. The minimum atomic E-state index is 0.678. The van der Waals surface area contributed by atoms with Crippen LogP contribution in [0.5, 0.6) is 0 Å². The van der Waals surface area contributed by atoms with Crippen molar-refractivity contribution in [3.05, 3.63) is 11.6 Å². The van der Waals surface area contributed by atoms with Crippen LogP contribution in [0.25, 0.3) is 0 Å². The number of likely N-dealkylation sites (tertiary alicyclic amines) is 1. The van der Waals surface area contributed by atoms with Gasteiger partial charge in [-0.15, -0.1) is 0 Å². The third kappa shape index (κ3) is 2.30. The lowest BCUT2D eigenvalue weighted by molar-refractivity contribution is 0.263. The summed E-state index contributed by atoms with van der Waals surface area (Å²) in [5.74, 6) is 3.04. The van der Waals surface area contributed by atoms with Gasteiger partial charge in [0, 0.05) is 25.4 Å². The van der Waals surface area contributed by atoms with E-state index in [2.05, 4.69) is 23.4 Å². The fourth-order valence-electron chi connectivity index (χ4n) is 3.36. The first-order valence-electron chi connectivity index (χ1n) is 7.43. The Bertz CT molecular complexity index is 412. The Morgan fingerprint density at radius 2 is 2.22 bits per heavy atom. The molecule has 2 atom stereocenters. The minimum absolute atomic E-state index is 0.678. The SMILES string of the molecule is CCN1CCCC1Cc1nc2n(n1)CC(C)CC2. The summed E-state index contributed by atoms with van der Waals surface area (Å²) in [6, 6.07) is 0.678. The van der Waals surface area contributed by atoms with Gasteiger partial charge in [0.25, 0.3) is 0 Å². The van der Waals surface area contributed by atoms with E-state index >= 15 is 0 Å². The van der Waals surface area contributed by atoms with Crippen molar-refractivity contribution in [2.24, 2.45) is 5.92 Å². The van der Waals surface area contributed by atoms with Crippen LogP contribution in [0.3, 0.4) is 0 Å². The smallest absolute Gasteiger partial charge is 0.152 e. The molecule has 3 heterocycles. The highest BCUT2D eigenvalue weighted by molar-refractivity contribution is 4.99. The average molecular weight is 248 g/mol. The summed E-state index contributed by atoms with van der Waals surface area (Å²) in [5, 5.41) is 4.71. The summed E-state index contributed by atoms with van der Waals surface area (Å²) in [7, 11) is 0. The van der Waals surface area contributed by atoms with E-state index in [1.807, 2.05) is 0 Å². The van der Waals surface area contributed by atoms with E-state index < -0.39 is 0 Å². The highest BCUT2D eigenvalue weighted by Crippen LogP contribution is 2.22. The van der Waals surface area contributed by atoms with Crippen molar-refractivity contribution in [2.75, 3.05) is 13.1 Å². The minimum Gasteiger partial charge on any atom is -0.300 e. The largest absolute Gasteiger partial charge is 0.300 e. The number of hydrogen-bond donors (Lipinski definition) is 0. The number of likely N-dealkylation sites (N-methyl/N-ethyl adjacent to an activating group) is 1. The molecule has 2 aliphatic heterocycles. The molecule has 0 spiro atoms. The molecule has 4 nitrogen and oxygen atoms in total. The molecule has 0 aromatic carbocycles. The molecule has 0 bridgehead atoms. The van der Waals surface area contributed by atoms with Gasteiger partial charge in [-0.1, -0.05) is 13.8 Å². The van der Waals surface area contributed by atoms with E-state index in [0.717, 1.165) is 37.7 Å².